The largest absolute Gasteiger partial charge is 0.497 e. The van der Waals surface area contributed by atoms with Crippen molar-refractivity contribution in [3.05, 3.63) is 29.7 Å². The minimum atomic E-state index is -1.56. The third kappa shape index (κ3) is 3.49. The van der Waals surface area contributed by atoms with E-state index >= 15 is 0 Å². The predicted octanol–water partition coefficient (Wildman–Crippen LogP) is 0.359. The number of aryl methyl sites for hydroxylation is 1. The third-order valence-electron chi connectivity index (χ3n) is 2.44. The number of ether oxygens (including phenoxy) is 1. The topological polar surface area (TPSA) is 88.6 Å². The monoisotopic (exact) mass is 280 g/mol. The maximum Gasteiger partial charge on any atom is 0.492 e. The fourth-order valence-corrected chi connectivity index (χ4v) is 2.30. The van der Waals surface area contributed by atoms with Crippen LogP contribution in [0.25, 0.3) is 0 Å². The van der Waals surface area contributed by atoms with E-state index in [0.29, 0.717) is 28.1 Å². The Balaban J connectivity index is 2.10. The van der Waals surface area contributed by atoms with Gasteiger partial charge >= 0.3 is 7.12 Å². The maximum absolute atomic E-state index is 9.28. The van der Waals surface area contributed by atoms with E-state index in [9.17, 15) is 10.0 Å². The molecule has 0 aliphatic heterocycles. The maximum atomic E-state index is 9.28. The molecule has 0 atom stereocenters. The quantitative estimate of drug-likeness (QED) is 0.603. The second-order valence-electron chi connectivity index (χ2n) is 3.83. The van der Waals surface area contributed by atoms with Gasteiger partial charge < -0.3 is 19.2 Å². The molecule has 0 bridgehead atoms. The number of hydrogen-bond donors (Lipinski definition) is 2. The van der Waals surface area contributed by atoms with Gasteiger partial charge in [0, 0.05) is 18.1 Å². The summed E-state index contributed by atoms with van der Waals surface area (Å²) in [5, 5.41) is 26.6. The molecule has 0 aliphatic rings. The molecule has 19 heavy (non-hydrogen) atoms. The lowest BCUT2D eigenvalue weighted by atomic mass is 9.79. The number of aromatic nitrogens is 2. The fraction of sp³-hybridized carbons (Fsp3) is 0.273. The van der Waals surface area contributed by atoms with Gasteiger partial charge in [-0.05, 0) is 11.6 Å². The van der Waals surface area contributed by atoms with Gasteiger partial charge in [-0.15, -0.1) is 10.2 Å². The van der Waals surface area contributed by atoms with Crippen LogP contribution in [0.1, 0.15) is 11.5 Å². The molecule has 0 fully saturated rings. The van der Waals surface area contributed by atoms with Gasteiger partial charge in [0.15, 0.2) is 0 Å². The Morgan fingerprint density at radius 2 is 2.16 bits per heavy atom. The van der Waals surface area contributed by atoms with Crippen LogP contribution in [0.3, 0.4) is 0 Å². The first kappa shape index (κ1) is 13.9. The molecule has 0 unspecified atom stereocenters. The molecule has 0 amide bonds. The van der Waals surface area contributed by atoms with Crippen LogP contribution in [0, 0.1) is 6.92 Å². The highest BCUT2D eigenvalue weighted by atomic mass is 32.2. The molecule has 1 aromatic carbocycles. The van der Waals surface area contributed by atoms with Crippen molar-refractivity contribution in [1.82, 2.24) is 10.2 Å². The summed E-state index contributed by atoms with van der Waals surface area (Å²) < 4.78 is 10.3. The molecule has 6 nitrogen and oxygen atoms in total. The van der Waals surface area contributed by atoms with Crippen LogP contribution in [-0.4, -0.2) is 34.5 Å². The molecule has 1 aromatic heterocycles. The summed E-state index contributed by atoms with van der Waals surface area (Å²) in [5.41, 5.74) is 1.24. The summed E-state index contributed by atoms with van der Waals surface area (Å²) in [6, 6.07) is 5.23. The zero-order chi connectivity index (χ0) is 13.8. The first-order valence-corrected chi connectivity index (χ1v) is 6.54. The summed E-state index contributed by atoms with van der Waals surface area (Å²) in [6.07, 6.45) is 0. The van der Waals surface area contributed by atoms with E-state index in [1.54, 1.807) is 19.1 Å². The Hall–Kier alpha value is -1.51. The van der Waals surface area contributed by atoms with Crippen LogP contribution in [-0.2, 0) is 5.75 Å². The molecular weight excluding hydrogens is 267 g/mol. The van der Waals surface area contributed by atoms with E-state index in [-0.39, 0.29) is 0 Å². The molecule has 2 N–H and O–H groups in total. The van der Waals surface area contributed by atoms with Crippen molar-refractivity contribution in [3.63, 3.8) is 0 Å². The molecule has 0 spiro atoms. The number of thioether (sulfide) groups is 1. The van der Waals surface area contributed by atoms with Gasteiger partial charge in [0.2, 0.25) is 5.89 Å². The lowest BCUT2D eigenvalue weighted by Crippen LogP contribution is -2.31. The van der Waals surface area contributed by atoms with E-state index < -0.39 is 7.12 Å². The van der Waals surface area contributed by atoms with Crippen molar-refractivity contribution in [3.8, 4) is 5.75 Å². The molecule has 0 radical (unpaired) electrons. The van der Waals surface area contributed by atoms with Crippen molar-refractivity contribution in [2.24, 2.45) is 0 Å². The van der Waals surface area contributed by atoms with Gasteiger partial charge in [-0.2, -0.15) is 0 Å². The van der Waals surface area contributed by atoms with Crippen LogP contribution in [0.4, 0.5) is 0 Å². The van der Waals surface area contributed by atoms with E-state index in [4.69, 9.17) is 9.15 Å². The van der Waals surface area contributed by atoms with E-state index in [0.717, 1.165) is 5.56 Å². The summed E-state index contributed by atoms with van der Waals surface area (Å²) >= 11 is 1.38. The van der Waals surface area contributed by atoms with E-state index in [1.165, 1.54) is 18.9 Å². The van der Waals surface area contributed by atoms with Gasteiger partial charge in [-0.25, -0.2) is 0 Å². The number of benzene rings is 1. The number of nitrogens with zero attached hydrogens (tertiary/aromatic N) is 2. The van der Waals surface area contributed by atoms with Crippen LogP contribution in [0.15, 0.2) is 27.8 Å². The predicted molar refractivity (Wildman–Crippen MR) is 71.4 cm³/mol. The second kappa shape index (κ2) is 6.09. The van der Waals surface area contributed by atoms with Gasteiger partial charge in [0.1, 0.15) is 5.75 Å². The minimum absolute atomic E-state index is 0.335. The Kier molecular flexibility index (Phi) is 4.46. The first-order valence-electron chi connectivity index (χ1n) is 5.56. The third-order valence-corrected chi connectivity index (χ3v) is 3.33. The van der Waals surface area contributed by atoms with Crippen LogP contribution >= 0.6 is 11.8 Å². The van der Waals surface area contributed by atoms with Crippen molar-refractivity contribution < 1.29 is 19.2 Å². The van der Waals surface area contributed by atoms with Crippen molar-refractivity contribution in [1.29, 1.82) is 0 Å². The van der Waals surface area contributed by atoms with Crippen LogP contribution in [0.5, 0.6) is 5.75 Å². The molecule has 8 heteroatoms. The van der Waals surface area contributed by atoms with Gasteiger partial charge in [-0.1, -0.05) is 23.9 Å². The Labute approximate surface area is 115 Å². The Morgan fingerprint density at radius 1 is 1.37 bits per heavy atom. The minimum Gasteiger partial charge on any atom is -0.497 e. The van der Waals surface area contributed by atoms with Crippen molar-refractivity contribution >= 4 is 24.3 Å². The van der Waals surface area contributed by atoms with Crippen LogP contribution < -0.4 is 10.2 Å². The number of hydrogen-bond acceptors (Lipinski definition) is 7. The normalized spacial score (nSPS) is 10.5. The summed E-state index contributed by atoms with van der Waals surface area (Å²) in [7, 11) is -0.0813. The molecule has 0 saturated heterocycles. The Bertz CT molecular complexity index is 561. The average molecular weight is 280 g/mol. The molecular formula is C11H13BN2O4S. The first-order chi connectivity index (χ1) is 9.10. The van der Waals surface area contributed by atoms with Gasteiger partial charge in [0.05, 0.1) is 7.11 Å². The second-order valence-corrected chi connectivity index (χ2v) is 4.75. The Morgan fingerprint density at radius 3 is 2.74 bits per heavy atom. The number of methoxy groups -OCH3 is 1. The smallest absolute Gasteiger partial charge is 0.492 e. The summed E-state index contributed by atoms with van der Waals surface area (Å²) in [6.45, 7) is 1.73. The number of rotatable bonds is 5. The summed E-state index contributed by atoms with van der Waals surface area (Å²) in [4.78, 5) is 0. The standard InChI is InChI=1S/C11H13BN2O4S/c1-7-13-14-11(18-7)19-6-8-3-4-10(17-2)9(5-8)12(15)16/h3-5,15-16H,6H2,1-2H3. The van der Waals surface area contributed by atoms with Crippen molar-refractivity contribution in [2.45, 2.75) is 17.9 Å². The lowest BCUT2D eigenvalue weighted by molar-refractivity contribution is 0.403. The molecule has 100 valence electrons. The molecule has 2 aromatic rings. The highest BCUT2D eigenvalue weighted by Crippen LogP contribution is 2.22. The van der Waals surface area contributed by atoms with Crippen LogP contribution in [0.2, 0.25) is 0 Å². The van der Waals surface area contributed by atoms with E-state index in [1.807, 2.05) is 6.07 Å². The zero-order valence-corrected chi connectivity index (χ0v) is 11.3. The van der Waals surface area contributed by atoms with Crippen molar-refractivity contribution in [2.75, 3.05) is 7.11 Å². The SMILES string of the molecule is COc1ccc(CSc2nnc(C)o2)cc1B(O)O. The molecule has 0 aliphatic carbocycles. The molecule has 2 rings (SSSR count). The molecule has 1 heterocycles. The average Bonchev–Trinajstić information content (AvgIpc) is 2.81. The molecule has 0 saturated carbocycles. The fourth-order valence-electron chi connectivity index (χ4n) is 1.56. The highest BCUT2D eigenvalue weighted by molar-refractivity contribution is 7.98. The highest BCUT2D eigenvalue weighted by Gasteiger charge is 2.17. The van der Waals surface area contributed by atoms with Gasteiger partial charge in [0.25, 0.3) is 5.22 Å². The van der Waals surface area contributed by atoms with Gasteiger partial charge in [-0.3, -0.25) is 0 Å². The van der Waals surface area contributed by atoms with E-state index in [2.05, 4.69) is 10.2 Å². The summed E-state index contributed by atoms with van der Waals surface area (Å²) in [5.74, 6) is 1.55. The lowest BCUT2D eigenvalue weighted by Gasteiger charge is -2.09. The zero-order valence-electron chi connectivity index (χ0n) is 10.5.